The molecule has 0 bridgehead atoms. The quantitative estimate of drug-likeness (QED) is 0.875. The zero-order valence-electron chi connectivity index (χ0n) is 13.4. The van der Waals surface area contributed by atoms with Crippen LogP contribution >= 0.6 is 0 Å². The number of nitrogens with zero attached hydrogens (tertiary/aromatic N) is 3. The number of benzene rings is 1. The Morgan fingerprint density at radius 3 is 2.41 bits per heavy atom. The molecule has 6 nitrogen and oxygen atoms in total. The van der Waals surface area contributed by atoms with Crippen molar-refractivity contribution in [2.24, 2.45) is 0 Å². The fraction of sp³-hybridized carbons (Fsp3) is 0.400. The summed E-state index contributed by atoms with van der Waals surface area (Å²) in [6, 6.07) is 9.90. The van der Waals surface area contributed by atoms with E-state index < -0.39 is 10.2 Å². The van der Waals surface area contributed by atoms with Gasteiger partial charge in [-0.05, 0) is 38.0 Å². The highest BCUT2D eigenvalue weighted by Crippen LogP contribution is 2.18. The van der Waals surface area contributed by atoms with Gasteiger partial charge in [-0.3, -0.25) is 0 Å². The van der Waals surface area contributed by atoms with E-state index in [-0.39, 0.29) is 0 Å². The molecular weight excluding hydrogens is 300 g/mol. The highest BCUT2D eigenvalue weighted by Gasteiger charge is 2.15. The molecule has 1 aromatic heterocycles. The Kier molecular flexibility index (Phi) is 5.00. The van der Waals surface area contributed by atoms with Crippen LogP contribution in [0.2, 0.25) is 0 Å². The molecule has 1 aromatic carbocycles. The lowest BCUT2D eigenvalue weighted by Gasteiger charge is -2.12. The summed E-state index contributed by atoms with van der Waals surface area (Å²) in [5, 5.41) is 4.56. The lowest BCUT2D eigenvalue weighted by molar-refractivity contribution is 0.506. The van der Waals surface area contributed by atoms with Crippen LogP contribution in [0.3, 0.4) is 0 Å². The molecular formula is C15H22N4O2S. The van der Waals surface area contributed by atoms with Crippen LogP contribution in [0, 0.1) is 13.8 Å². The molecule has 0 aliphatic carbocycles. The van der Waals surface area contributed by atoms with Gasteiger partial charge >= 0.3 is 0 Å². The molecule has 0 amide bonds. The molecule has 0 radical (unpaired) electrons. The van der Waals surface area contributed by atoms with Crippen LogP contribution in [0.1, 0.15) is 17.0 Å². The van der Waals surface area contributed by atoms with Gasteiger partial charge in [0, 0.05) is 26.3 Å². The van der Waals surface area contributed by atoms with Crippen molar-refractivity contribution in [2.45, 2.75) is 20.3 Å². The van der Waals surface area contributed by atoms with Gasteiger partial charge in [0.15, 0.2) is 0 Å². The van der Waals surface area contributed by atoms with E-state index in [0.717, 1.165) is 22.6 Å². The Hall–Kier alpha value is -1.70. The molecule has 0 aliphatic rings. The zero-order chi connectivity index (χ0) is 16.3. The Morgan fingerprint density at radius 2 is 1.82 bits per heavy atom. The zero-order valence-corrected chi connectivity index (χ0v) is 14.2. The van der Waals surface area contributed by atoms with Crippen LogP contribution in [0.25, 0.3) is 5.69 Å². The molecule has 120 valence electrons. The average molecular weight is 322 g/mol. The van der Waals surface area contributed by atoms with Gasteiger partial charge in [-0.1, -0.05) is 18.2 Å². The highest BCUT2D eigenvalue weighted by atomic mass is 32.2. The van der Waals surface area contributed by atoms with Crippen molar-refractivity contribution >= 4 is 10.2 Å². The second-order valence-electron chi connectivity index (χ2n) is 5.33. The van der Waals surface area contributed by atoms with Crippen molar-refractivity contribution in [1.29, 1.82) is 0 Å². The smallest absolute Gasteiger partial charge is 0.238 e. The summed E-state index contributed by atoms with van der Waals surface area (Å²) in [6.45, 7) is 4.30. The third-order valence-corrected chi connectivity index (χ3v) is 5.11. The molecule has 0 atom stereocenters. The van der Waals surface area contributed by atoms with Gasteiger partial charge in [0.2, 0.25) is 0 Å². The van der Waals surface area contributed by atoms with E-state index in [1.54, 1.807) is 0 Å². The van der Waals surface area contributed by atoms with E-state index in [4.69, 9.17) is 0 Å². The minimum atomic E-state index is -3.38. The summed E-state index contributed by atoms with van der Waals surface area (Å²) in [6.07, 6.45) is 0.609. The van der Waals surface area contributed by atoms with E-state index in [1.807, 2.05) is 48.9 Å². The van der Waals surface area contributed by atoms with Gasteiger partial charge in [-0.2, -0.15) is 17.8 Å². The van der Waals surface area contributed by atoms with E-state index in [2.05, 4.69) is 9.82 Å². The molecule has 2 rings (SSSR count). The molecule has 22 heavy (non-hydrogen) atoms. The normalized spacial score (nSPS) is 12.0. The van der Waals surface area contributed by atoms with Gasteiger partial charge in [0.25, 0.3) is 10.2 Å². The lowest BCUT2D eigenvalue weighted by Crippen LogP contribution is -2.36. The van der Waals surface area contributed by atoms with Crippen molar-refractivity contribution in [3.05, 3.63) is 47.3 Å². The van der Waals surface area contributed by atoms with Gasteiger partial charge in [0.05, 0.1) is 11.4 Å². The van der Waals surface area contributed by atoms with Gasteiger partial charge < -0.3 is 0 Å². The summed E-state index contributed by atoms with van der Waals surface area (Å²) in [5.41, 5.74) is 4.03. The number of hydrogen-bond donors (Lipinski definition) is 1. The predicted octanol–water partition coefficient (Wildman–Crippen LogP) is 1.43. The summed E-state index contributed by atoms with van der Waals surface area (Å²) >= 11 is 0. The Morgan fingerprint density at radius 1 is 1.18 bits per heavy atom. The molecule has 0 unspecified atom stereocenters. The number of para-hydroxylation sites is 1. The maximum Gasteiger partial charge on any atom is 0.278 e. The first-order chi connectivity index (χ1) is 10.3. The SMILES string of the molecule is Cc1nn(-c2ccccc2)c(C)c1CCNS(=O)(=O)N(C)C. The molecule has 0 saturated heterocycles. The molecule has 0 aliphatic heterocycles. The Bertz CT molecular complexity index is 736. The lowest BCUT2D eigenvalue weighted by atomic mass is 10.1. The van der Waals surface area contributed by atoms with Gasteiger partial charge in [-0.25, -0.2) is 9.40 Å². The molecule has 0 fully saturated rings. The number of aromatic nitrogens is 2. The summed E-state index contributed by atoms with van der Waals surface area (Å²) < 4.78 is 29.1. The molecule has 1 heterocycles. The Balaban J connectivity index is 2.15. The van der Waals surface area contributed by atoms with E-state index in [1.165, 1.54) is 18.4 Å². The second-order valence-corrected chi connectivity index (χ2v) is 7.30. The molecule has 1 N–H and O–H groups in total. The van der Waals surface area contributed by atoms with Crippen molar-refractivity contribution in [2.75, 3.05) is 20.6 Å². The van der Waals surface area contributed by atoms with Gasteiger partial charge in [0.1, 0.15) is 0 Å². The Labute approximate surface area is 131 Å². The maximum atomic E-state index is 11.7. The summed E-state index contributed by atoms with van der Waals surface area (Å²) in [4.78, 5) is 0. The third-order valence-electron chi connectivity index (χ3n) is 3.58. The van der Waals surface area contributed by atoms with Crippen LogP contribution in [0.5, 0.6) is 0 Å². The highest BCUT2D eigenvalue weighted by molar-refractivity contribution is 7.87. The molecule has 0 saturated carbocycles. The summed E-state index contributed by atoms with van der Waals surface area (Å²) in [7, 11) is -0.371. The number of rotatable bonds is 6. The molecule has 0 spiro atoms. The van der Waals surface area contributed by atoms with Crippen LogP contribution in [-0.4, -0.2) is 43.1 Å². The topological polar surface area (TPSA) is 67.2 Å². The van der Waals surface area contributed by atoms with Crippen LogP contribution < -0.4 is 4.72 Å². The van der Waals surface area contributed by atoms with Crippen LogP contribution in [0.4, 0.5) is 0 Å². The number of hydrogen-bond acceptors (Lipinski definition) is 3. The monoisotopic (exact) mass is 322 g/mol. The fourth-order valence-electron chi connectivity index (χ4n) is 2.29. The maximum absolute atomic E-state index is 11.7. The van der Waals surface area contributed by atoms with Crippen LogP contribution in [-0.2, 0) is 16.6 Å². The minimum Gasteiger partial charge on any atom is -0.238 e. The third kappa shape index (κ3) is 3.55. The predicted molar refractivity (Wildman–Crippen MR) is 87.4 cm³/mol. The first kappa shape index (κ1) is 16.7. The van der Waals surface area contributed by atoms with E-state index >= 15 is 0 Å². The van der Waals surface area contributed by atoms with Crippen molar-refractivity contribution in [3.63, 3.8) is 0 Å². The molecule has 7 heteroatoms. The first-order valence-corrected chi connectivity index (χ1v) is 8.54. The van der Waals surface area contributed by atoms with Crippen molar-refractivity contribution in [3.8, 4) is 5.69 Å². The van der Waals surface area contributed by atoms with Crippen molar-refractivity contribution in [1.82, 2.24) is 18.8 Å². The standard InChI is InChI=1S/C15H22N4O2S/c1-12-15(10-11-16-22(20,21)18(3)4)13(2)19(17-12)14-8-6-5-7-9-14/h5-9,16H,10-11H2,1-4H3. The summed E-state index contributed by atoms with van der Waals surface area (Å²) in [5.74, 6) is 0. The minimum absolute atomic E-state index is 0.350. The van der Waals surface area contributed by atoms with E-state index in [0.29, 0.717) is 13.0 Å². The number of nitrogens with one attached hydrogen (secondary N) is 1. The molecule has 2 aromatic rings. The van der Waals surface area contributed by atoms with Crippen LogP contribution in [0.15, 0.2) is 30.3 Å². The van der Waals surface area contributed by atoms with E-state index in [9.17, 15) is 8.42 Å². The van der Waals surface area contributed by atoms with Gasteiger partial charge in [-0.15, -0.1) is 0 Å². The second kappa shape index (κ2) is 6.60. The van der Waals surface area contributed by atoms with Crippen molar-refractivity contribution < 1.29 is 8.42 Å². The average Bonchev–Trinajstić information content (AvgIpc) is 2.76. The largest absolute Gasteiger partial charge is 0.278 e. The number of aryl methyl sites for hydroxylation is 1. The fourth-order valence-corrected chi connectivity index (χ4v) is 2.91. The first-order valence-electron chi connectivity index (χ1n) is 7.10.